The normalized spacial score (nSPS) is 10.8. The molecule has 0 unspecified atom stereocenters. The number of hydrogen-bond acceptors (Lipinski definition) is 3. The van der Waals surface area contributed by atoms with Crippen LogP contribution in [-0.2, 0) is 6.42 Å². The molecule has 0 saturated carbocycles. The van der Waals surface area contributed by atoms with E-state index in [0.717, 1.165) is 17.7 Å². The van der Waals surface area contributed by atoms with E-state index in [1.54, 1.807) is 24.3 Å². The lowest BCUT2D eigenvalue weighted by Gasteiger charge is -2.10. The number of hydrogen-bond donors (Lipinski definition) is 3. The number of aromatic nitrogens is 2. The molecule has 4 aromatic rings. The molecule has 0 bridgehead atoms. The van der Waals surface area contributed by atoms with Crippen LogP contribution in [0, 0.1) is 11.6 Å². The smallest absolute Gasteiger partial charge is 0.308 e. The average Bonchev–Trinajstić information content (AvgIpc) is 2.74. The maximum atomic E-state index is 13.7. The molecule has 1 aromatic heterocycles. The average molecular weight is 441 g/mol. The van der Waals surface area contributed by atoms with Crippen molar-refractivity contribution < 1.29 is 13.6 Å². The molecule has 0 aliphatic heterocycles. The fraction of sp³-hybridized carbons (Fsp3) is 0.0455. The van der Waals surface area contributed by atoms with Crippen molar-refractivity contribution in [2.24, 2.45) is 0 Å². The van der Waals surface area contributed by atoms with E-state index in [1.807, 2.05) is 12.1 Å². The molecule has 3 aromatic carbocycles. The number of halogens is 3. The maximum Gasteiger partial charge on any atom is 0.323 e. The Kier molecular flexibility index (Phi) is 5.64. The van der Waals surface area contributed by atoms with Crippen LogP contribution in [0.25, 0.3) is 10.8 Å². The minimum Gasteiger partial charge on any atom is -0.308 e. The highest BCUT2D eigenvalue weighted by molar-refractivity contribution is 6.30. The second-order valence-corrected chi connectivity index (χ2v) is 7.20. The summed E-state index contributed by atoms with van der Waals surface area (Å²) in [5.41, 5.74) is 1.35. The monoisotopic (exact) mass is 440 g/mol. The summed E-state index contributed by atoms with van der Waals surface area (Å²) in [7, 11) is 0. The van der Waals surface area contributed by atoms with Gasteiger partial charge >= 0.3 is 6.03 Å². The van der Waals surface area contributed by atoms with Gasteiger partial charge in [-0.3, -0.25) is 4.79 Å². The molecule has 156 valence electrons. The highest BCUT2D eigenvalue weighted by Gasteiger charge is 2.11. The summed E-state index contributed by atoms with van der Waals surface area (Å²) >= 11 is 5.92. The summed E-state index contributed by atoms with van der Waals surface area (Å²) < 4.78 is 26.7. The first kappa shape index (κ1) is 20.5. The van der Waals surface area contributed by atoms with E-state index in [0.29, 0.717) is 39.7 Å². The van der Waals surface area contributed by atoms with Gasteiger partial charge in [0, 0.05) is 28.6 Å². The van der Waals surface area contributed by atoms with Gasteiger partial charge in [-0.25, -0.2) is 18.7 Å². The number of aromatic amines is 1. The van der Waals surface area contributed by atoms with Gasteiger partial charge in [-0.2, -0.15) is 5.10 Å². The van der Waals surface area contributed by atoms with Crippen LogP contribution in [0.5, 0.6) is 0 Å². The van der Waals surface area contributed by atoms with Crippen molar-refractivity contribution in [2.75, 3.05) is 10.6 Å². The summed E-state index contributed by atoms with van der Waals surface area (Å²) in [6.45, 7) is 0. The topological polar surface area (TPSA) is 86.9 Å². The third kappa shape index (κ3) is 4.70. The zero-order chi connectivity index (χ0) is 22.0. The van der Waals surface area contributed by atoms with E-state index in [-0.39, 0.29) is 5.69 Å². The molecule has 2 amide bonds. The number of rotatable bonds is 4. The van der Waals surface area contributed by atoms with Crippen LogP contribution in [0.2, 0.25) is 5.02 Å². The van der Waals surface area contributed by atoms with Crippen molar-refractivity contribution in [3.8, 4) is 0 Å². The van der Waals surface area contributed by atoms with E-state index < -0.39 is 23.2 Å². The zero-order valence-corrected chi connectivity index (χ0v) is 16.6. The van der Waals surface area contributed by atoms with Crippen molar-refractivity contribution in [1.82, 2.24) is 10.2 Å². The quantitative estimate of drug-likeness (QED) is 0.413. The first-order valence-corrected chi connectivity index (χ1v) is 9.55. The Balaban J connectivity index is 1.57. The van der Waals surface area contributed by atoms with Gasteiger partial charge in [-0.1, -0.05) is 29.8 Å². The number of nitrogens with one attached hydrogen (secondary N) is 3. The summed E-state index contributed by atoms with van der Waals surface area (Å²) in [6.07, 6.45) is 0.474. The minimum atomic E-state index is -0.900. The second kappa shape index (κ2) is 8.53. The van der Waals surface area contributed by atoms with Crippen molar-refractivity contribution >= 4 is 39.8 Å². The van der Waals surface area contributed by atoms with E-state index in [9.17, 15) is 18.4 Å². The molecule has 0 spiro atoms. The number of carbonyl (C=O) groups excluding carboxylic acids is 1. The third-order valence-electron chi connectivity index (χ3n) is 4.59. The van der Waals surface area contributed by atoms with Crippen LogP contribution in [-0.4, -0.2) is 16.2 Å². The largest absolute Gasteiger partial charge is 0.323 e. The molecular formula is C22H15ClF2N4O2. The molecule has 0 radical (unpaired) electrons. The number of anilines is 2. The van der Waals surface area contributed by atoms with Crippen molar-refractivity contribution in [3.05, 3.63) is 98.9 Å². The van der Waals surface area contributed by atoms with Crippen LogP contribution >= 0.6 is 11.6 Å². The Hall–Kier alpha value is -3.78. The summed E-state index contributed by atoms with van der Waals surface area (Å²) in [4.78, 5) is 24.5. The first-order valence-electron chi connectivity index (χ1n) is 9.18. The lowest BCUT2D eigenvalue weighted by molar-refractivity contribution is 0.262. The second-order valence-electron chi connectivity index (χ2n) is 6.77. The van der Waals surface area contributed by atoms with Crippen LogP contribution in [0.15, 0.2) is 65.5 Å². The highest BCUT2D eigenvalue weighted by atomic mass is 35.5. The number of urea groups is 1. The highest BCUT2D eigenvalue weighted by Crippen LogP contribution is 2.22. The Bertz CT molecular complexity index is 1340. The molecule has 0 aliphatic carbocycles. The van der Waals surface area contributed by atoms with Crippen molar-refractivity contribution in [1.29, 1.82) is 0 Å². The lowest BCUT2D eigenvalue weighted by atomic mass is 10.0. The van der Waals surface area contributed by atoms with Gasteiger partial charge in [0.25, 0.3) is 5.56 Å². The molecule has 0 fully saturated rings. The van der Waals surface area contributed by atoms with Crippen molar-refractivity contribution in [3.63, 3.8) is 0 Å². The fourth-order valence-electron chi connectivity index (χ4n) is 3.11. The molecule has 31 heavy (non-hydrogen) atoms. The first-order chi connectivity index (χ1) is 14.9. The molecule has 0 saturated heterocycles. The number of nitrogens with zero attached hydrogens (tertiary/aromatic N) is 1. The van der Waals surface area contributed by atoms with Crippen LogP contribution in [0.4, 0.5) is 25.0 Å². The number of amides is 2. The summed E-state index contributed by atoms with van der Waals surface area (Å²) in [6, 6.07) is 14.1. The van der Waals surface area contributed by atoms with E-state index in [2.05, 4.69) is 20.8 Å². The number of benzene rings is 3. The molecular weight excluding hydrogens is 426 g/mol. The van der Waals surface area contributed by atoms with Crippen LogP contribution < -0.4 is 16.2 Å². The Morgan fingerprint density at radius 2 is 1.74 bits per heavy atom. The predicted octanol–water partition coefficient (Wildman–Crippen LogP) is 5.09. The number of H-pyrrole nitrogens is 1. The maximum absolute atomic E-state index is 13.7. The van der Waals surface area contributed by atoms with Crippen LogP contribution in [0.1, 0.15) is 11.3 Å². The molecule has 6 nitrogen and oxygen atoms in total. The number of fused-ring (bicyclic) bond motifs is 1. The van der Waals surface area contributed by atoms with Gasteiger partial charge in [0.05, 0.1) is 16.8 Å². The van der Waals surface area contributed by atoms with E-state index in [4.69, 9.17) is 11.6 Å². The fourth-order valence-corrected chi connectivity index (χ4v) is 3.23. The molecule has 9 heteroatoms. The molecule has 0 atom stereocenters. The Labute approximate surface area is 179 Å². The lowest BCUT2D eigenvalue weighted by Crippen LogP contribution is -2.20. The van der Waals surface area contributed by atoms with Crippen molar-refractivity contribution in [2.45, 2.75) is 6.42 Å². The Morgan fingerprint density at radius 3 is 2.48 bits per heavy atom. The van der Waals surface area contributed by atoms with Gasteiger partial charge < -0.3 is 10.6 Å². The van der Waals surface area contributed by atoms with Gasteiger partial charge in [0.2, 0.25) is 0 Å². The summed E-state index contributed by atoms with van der Waals surface area (Å²) in [5, 5.41) is 13.0. The minimum absolute atomic E-state index is 0.174. The van der Waals surface area contributed by atoms with Crippen LogP contribution in [0.3, 0.4) is 0 Å². The van der Waals surface area contributed by atoms with Gasteiger partial charge in [-0.15, -0.1) is 0 Å². The Morgan fingerprint density at radius 1 is 0.968 bits per heavy atom. The molecule has 3 N–H and O–H groups in total. The van der Waals surface area contributed by atoms with Gasteiger partial charge in [0.1, 0.15) is 11.6 Å². The standard InChI is InChI=1S/C22H15ClF2N4O2/c23-13-3-1-12(2-4-13)9-20-16-7-6-15(11-17(16)21(30)29-28-20)26-22(31)27-19-8-5-14(24)10-18(19)25/h1-8,10-11H,9H2,(H,29,30)(H2,26,27,31). The predicted molar refractivity (Wildman–Crippen MR) is 116 cm³/mol. The third-order valence-corrected chi connectivity index (χ3v) is 4.84. The SMILES string of the molecule is O=C(Nc1ccc2c(Cc3ccc(Cl)cc3)n[nH]c(=O)c2c1)Nc1ccc(F)cc1F. The van der Waals surface area contributed by atoms with E-state index in [1.165, 1.54) is 6.07 Å². The van der Waals surface area contributed by atoms with E-state index >= 15 is 0 Å². The molecule has 1 heterocycles. The molecule has 4 rings (SSSR count). The number of carbonyl (C=O) groups is 1. The van der Waals surface area contributed by atoms with Gasteiger partial charge in [-0.05, 0) is 42.0 Å². The summed E-state index contributed by atoms with van der Waals surface area (Å²) in [5.74, 6) is -1.65. The zero-order valence-electron chi connectivity index (χ0n) is 15.9. The van der Waals surface area contributed by atoms with Gasteiger partial charge in [0.15, 0.2) is 0 Å². The molecule has 0 aliphatic rings.